The van der Waals surface area contributed by atoms with E-state index in [-0.39, 0.29) is 0 Å². The molecule has 1 aromatic rings. The molecule has 0 unspecified atom stereocenters. The molecule has 0 saturated heterocycles. The molecule has 0 atom stereocenters. The Morgan fingerprint density at radius 2 is 2.31 bits per heavy atom. The van der Waals surface area contributed by atoms with Gasteiger partial charge in [-0.05, 0) is 11.6 Å². The van der Waals surface area contributed by atoms with Crippen LogP contribution in [-0.2, 0) is 18.3 Å². The van der Waals surface area contributed by atoms with Crippen LogP contribution >= 0.6 is 11.6 Å². The Bertz CT molecular complexity index is 297. The fraction of sp³-hybridized carbons (Fsp3) is 0.571. The number of hydrogen-bond acceptors (Lipinski definition) is 3. The number of aromatic nitrogens is 1. The summed E-state index contributed by atoms with van der Waals surface area (Å²) >= 11 is 4.77. The Hall–Kier alpha value is -0.680. The lowest BCUT2D eigenvalue weighted by atomic mass is 10.2. The molecule has 0 bridgehead atoms. The summed E-state index contributed by atoms with van der Waals surface area (Å²) in [5.41, 5.74) is 0.529. The van der Waals surface area contributed by atoms with Gasteiger partial charge in [-0.3, -0.25) is 0 Å². The van der Waals surface area contributed by atoms with E-state index in [1.54, 1.807) is 0 Å². The van der Waals surface area contributed by atoms with Crippen molar-refractivity contribution in [3.05, 3.63) is 17.3 Å². The number of nitrogens with zero attached hydrogens (tertiary/aromatic N) is 1. The lowest BCUT2D eigenvalue weighted by Crippen LogP contribution is -2.22. The van der Waals surface area contributed by atoms with E-state index in [0.29, 0.717) is 24.4 Å². The first-order chi connectivity index (χ1) is 6.07. The zero-order chi connectivity index (χ0) is 9.47. The molecule has 1 aromatic heterocycles. The largest absolute Gasteiger partial charge is 0.439 e. The van der Waals surface area contributed by atoms with E-state index >= 15 is 0 Å². The van der Waals surface area contributed by atoms with Crippen molar-refractivity contribution in [2.75, 3.05) is 6.54 Å². The summed E-state index contributed by atoms with van der Waals surface area (Å²) in [6.07, 6.45) is 0.579. The second-order valence-electron chi connectivity index (χ2n) is 2.81. The lowest BCUT2D eigenvalue weighted by molar-refractivity contribution is 0.0608. The van der Waals surface area contributed by atoms with Crippen LogP contribution in [0.15, 0.2) is 4.42 Å². The van der Waals surface area contributed by atoms with Gasteiger partial charge in [0.15, 0.2) is 0 Å². The molecule has 2 rings (SSSR count). The van der Waals surface area contributed by atoms with E-state index in [4.69, 9.17) is 16.0 Å². The number of halogens is 3. The van der Waals surface area contributed by atoms with E-state index in [1.807, 2.05) is 0 Å². The van der Waals surface area contributed by atoms with Gasteiger partial charge < -0.3 is 9.73 Å². The summed E-state index contributed by atoms with van der Waals surface area (Å²) in [5.74, 6) is -0.197. The molecule has 0 aliphatic carbocycles. The van der Waals surface area contributed by atoms with Crippen LogP contribution in [0.4, 0.5) is 8.78 Å². The minimum atomic E-state index is -3.50. The molecule has 0 aromatic carbocycles. The quantitative estimate of drug-likeness (QED) is 0.713. The Morgan fingerprint density at radius 1 is 1.54 bits per heavy atom. The van der Waals surface area contributed by atoms with Crippen LogP contribution < -0.4 is 5.32 Å². The minimum Gasteiger partial charge on any atom is -0.439 e. The molecule has 0 amide bonds. The maximum absolute atomic E-state index is 12.5. The fourth-order valence-electron chi connectivity index (χ4n) is 1.25. The molecule has 13 heavy (non-hydrogen) atoms. The van der Waals surface area contributed by atoms with Crippen molar-refractivity contribution in [2.24, 2.45) is 0 Å². The van der Waals surface area contributed by atoms with Crippen molar-refractivity contribution in [3.63, 3.8) is 0 Å². The Balaban J connectivity index is 2.36. The number of hydrogen-bond donors (Lipinski definition) is 1. The van der Waals surface area contributed by atoms with Crippen LogP contribution in [0, 0.1) is 0 Å². The van der Waals surface area contributed by atoms with Gasteiger partial charge in [-0.1, -0.05) is 0 Å². The van der Waals surface area contributed by atoms with Gasteiger partial charge in [-0.2, -0.15) is 8.78 Å². The standard InChI is InChI=1S/C7H7ClF2N2O/c8-7(9,10)6-12-4-3-11-2-1-5(4)13-6/h11H,1-3H2. The summed E-state index contributed by atoms with van der Waals surface area (Å²) in [4.78, 5) is 3.61. The van der Waals surface area contributed by atoms with E-state index in [9.17, 15) is 8.78 Å². The van der Waals surface area contributed by atoms with Gasteiger partial charge in [-0.25, -0.2) is 4.98 Å². The first-order valence-corrected chi connectivity index (χ1v) is 4.21. The zero-order valence-electron chi connectivity index (χ0n) is 6.61. The highest BCUT2D eigenvalue weighted by molar-refractivity contribution is 6.21. The zero-order valence-corrected chi connectivity index (χ0v) is 7.37. The normalized spacial score (nSPS) is 17.2. The lowest BCUT2D eigenvalue weighted by Gasteiger charge is -2.08. The molecular formula is C7H7ClF2N2O. The monoisotopic (exact) mass is 208 g/mol. The van der Waals surface area contributed by atoms with Gasteiger partial charge in [0.1, 0.15) is 5.76 Å². The SMILES string of the molecule is FC(F)(Cl)c1nc2c(o1)CCNC2. The third-order valence-corrected chi connectivity index (χ3v) is 2.00. The first-order valence-electron chi connectivity index (χ1n) is 3.84. The van der Waals surface area contributed by atoms with Gasteiger partial charge in [0.2, 0.25) is 0 Å². The van der Waals surface area contributed by atoms with Gasteiger partial charge in [0, 0.05) is 19.5 Å². The summed E-state index contributed by atoms with van der Waals surface area (Å²) < 4.78 is 29.9. The number of rotatable bonds is 1. The third kappa shape index (κ3) is 1.66. The van der Waals surface area contributed by atoms with Crippen LogP contribution in [0.1, 0.15) is 17.3 Å². The van der Waals surface area contributed by atoms with Crippen molar-refractivity contribution in [1.29, 1.82) is 0 Å². The van der Waals surface area contributed by atoms with Crippen LogP contribution in [0.2, 0.25) is 0 Å². The summed E-state index contributed by atoms with van der Waals surface area (Å²) in [6, 6.07) is 0. The molecule has 6 heteroatoms. The molecule has 72 valence electrons. The van der Waals surface area contributed by atoms with E-state index in [0.717, 1.165) is 6.54 Å². The van der Waals surface area contributed by atoms with Crippen LogP contribution in [-0.4, -0.2) is 11.5 Å². The molecule has 2 heterocycles. The summed E-state index contributed by atoms with van der Waals surface area (Å²) in [6.45, 7) is 1.18. The van der Waals surface area contributed by atoms with Crippen LogP contribution in [0.3, 0.4) is 0 Å². The number of fused-ring (bicyclic) bond motifs is 1. The molecule has 1 N–H and O–H groups in total. The second kappa shape index (κ2) is 2.92. The number of alkyl halides is 3. The topological polar surface area (TPSA) is 38.1 Å². The second-order valence-corrected chi connectivity index (χ2v) is 3.29. The molecule has 1 aliphatic heterocycles. The summed E-state index contributed by atoms with van der Waals surface area (Å²) in [5, 5.41) is -0.507. The predicted octanol–water partition coefficient (Wildman–Crippen LogP) is 1.61. The van der Waals surface area contributed by atoms with E-state index < -0.39 is 11.3 Å². The highest BCUT2D eigenvalue weighted by Gasteiger charge is 2.36. The van der Waals surface area contributed by atoms with Gasteiger partial charge in [-0.15, -0.1) is 0 Å². The van der Waals surface area contributed by atoms with Crippen molar-refractivity contribution < 1.29 is 13.2 Å². The average Bonchev–Trinajstić information content (AvgIpc) is 2.45. The molecule has 1 aliphatic rings. The van der Waals surface area contributed by atoms with Gasteiger partial charge in [0.05, 0.1) is 5.69 Å². The third-order valence-electron chi connectivity index (χ3n) is 1.84. The predicted molar refractivity (Wildman–Crippen MR) is 41.7 cm³/mol. The maximum Gasteiger partial charge on any atom is 0.397 e. The first kappa shape index (κ1) is 8.90. The molecule has 0 radical (unpaired) electrons. The maximum atomic E-state index is 12.5. The average molecular weight is 209 g/mol. The summed E-state index contributed by atoms with van der Waals surface area (Å²) in [7, 11) is 0. The van der Waals surface area contributed by atoms with Crippen molar-refractivity contribution >= 4 is 11.6 Å². The Morgan fingerprint density at radius 3 is 2.92 bits per heavy atom. The van der Waals surface area contributed by atoms with Crippen molar-refractivity contribution in [2.45, 2.75) is 18.3 Å². The van der Waals surface area contributed by atoms with E-state index in [1.165, 1.54) is 0 Å². The molecular weight excluding hydrogens is 202 g/mol. The van der Waals surface area contributed by atoms with Crippen LogP contribution in [0.25, 0.3) is 0 Å². The Kier molecular flexibility index (Phi) is 2.00. The number of nitrogens with one attached hydrogen (secondary N) is 1. The molecule has 0 saturated carbocycles. The molecule has 3 nitrogen and oxygen atoms in total. The number of oxazole rings is 1. The highest BCUT2D eigenvalue weighted by atomic mass is 35.5. The van der Waals surface area contributed by atoms with Gasteiger partial charge >= 0.3 is 5.38 Å². The van der Waals surface area contributed by atoms with Crippen molar-refractivity contribution in [3.8, 4) is 0 Å². The minimum absolute atomic E-state index is 0.464. The fourth-order valence-corrected chi connectivity index (χ4v) is 1.33. The van der Waals surface area contributed by atoms with Crippen molar-refractivity contribution in [1.82, 2.24) is 10.3 Å². The highest BCUT2D eigenvalue weighted by Crippen LogP contribution is 2.33. The van der Waals surface area contributed by atoms with E-state index in [2.05, 4.69) is 10.3 Å². The molecule has 0 spiro atoms. The molecule has 0 fully saturated rings. The Labute approximate surface area is 78.1 Å². The van der Waals surface area contributed by atoms with Gasteiger partial charge in [0.25, 0.3) is 5.89 Å². The van der Waals surface area contributed by atoms with Crippen LogP contribution in [0.5, 0.6) is 0 Å². The smallest absolute Gasteiger partial charge is 0.397 e.